The number of hydrogen-bond acceptors (Lipinski definition) is 5. The molecule has 0 saturated carbocycles. The molecule has 6 nitrogen and oxygen atoms in total. The molecular weight excluding hydrogens is 376 g/mol. The number of nitrogens with zero attached hydrogens (tertiary/aromatic N) is 1. The lowest BCUT2D eigenvalue weighted by Gasteiger charge is -2.33. The predicted molar refractivity (Wildman–Crippen MR) is 109 cm³/mol. The molecule has 1 heterocycles. The van der Waals surface area contributed by atoms with Crippen LogP contribution in [0, 0.1) is 6.92 Å². The monoisotopic (exact) mass is 404 g/mol. The molecule has 0 spiro atoms. The maximum atomic E-state index is 12.6. The van der Waals surface area contributed by atoms with Crippen LogP contribution in [0.5, 0.6) is 5.75 Å². The Balaban J connectivity index is 1.51. The van der Waals surface area contributed by atoms with Gasteiger partial charge in [-0.25, -0.2) is 13.1 Å². The summed E-state index contributed by atoms with van der Waals surface area (Å²) in [5, 5.41) is 0. The summed E-state index contributed by atoms with van der Waals surface area (Å²) in [7, 11) is -2.12. The van der Waals surface area contributed by atoms with Crippen LogP contribution in [0.25, 0.3) is 0 Å². The molecule has 0 bridgehead atoms. The van der Waals surface area contributed by atoms with E-state index in [4.69, 9.17) is 9.47 Å². The van der Waals surface area contributed by atoms with E-state index < -0.39 is 10.0 Å². The summed E-state index contributed by atoms with van der Waals surface area (Å²) in [4.78, 5) is 2.51. The van der Waals surface area contributed by atoms with Gasteiger partial charge in [-0.05, 0) is 43.1 Å². The molecule has 2 aromatic carbocycles. The summed E-state index contributed by atoms with van der Waals surface area (Å²) in [6, 6.07) is 15.3. The maximum absolute atomic E-state index is 12.6. The van der Waals surface area contributed by atoms with E-state index in [-0.39, 0.29) is 11.0 Å². The number of methoxy groups -OCH3 is 1. The van der Waals surface area contributed by atoms with E-state index in [1.165, 1.54) is 12.7 Å². The number of sulfonamides is 1. The SMILES string of the molecule is COc1ccc(C)cc1S(=O)(=O)NCCCN1CCO[C@H](c2ccccc2)C1. The van der Waals surface area contributed by atoms with Crippen molar-refractivity contribution in [1.29, 1.82) is 0 Å². The van der Waals surface area contributed by atoms with Gasteiger partial charge in [0.25, 0.3) is 0 Å². The van der Waals surface area contributed by atoms with Crippen LogP contribution in [-0.2, 0) is 14.8 Å². The number of rotatable bonds is 8. The van der Waals surface area contributed by atoms with Crippen molar-refractivity contribution in [3.63, 3.8) is 0 Å². The molecule has 1 aliphatic heterocycles. The fraction of sp³-hybridized carbons (Fsp3) is 0.429. The van der Waals surface area contributed by atoms with Crippen molar-refractivity contribution >= 4 is 10.0 Å². The maximum Gasteiger partial charge on any atom is 0.244 e. The predicted octanol–water partition coefficient (Wildman–Crippen LogP) is 2.75. The van der Waals surface area contributed by atoms with Gasteiger partial charge in [-0.2, -0.15) is 0 Å². The quantitative estimate of drug-likeness (QED) is 0.685. The lowest BCUT2D eigenvalue weighted by molar-refractivity contribution is -0.0300. The molecule has 1 aliphatic rings. The number of aryl methyl sites for hydroxylation is 1. The number of hydrogen-bond donors (Lipinski definition) is 1. The summed E-state index contributed by atoms with van der Waals surface area (Å²) in [5.74, 6) is 0.358. The molecule has 1 saturated heterocycles. The smallest absolute Gasteiger partial charge is 0.244 e. The highest BCUT2D eigenvalue weighted by Gasteiger charge is 2.22. The van der Waals surface area contributed by atoms with E-state index in [0.717, 1.165) is 31.6 Å². The zero-order chi connectivity index (χ0) is 20.0. The van der Waals surface area contributed by atoms with Crippen molar-refractivity contribution in [2.45, 2.75) is 24.3 Å². The summed E-state index contributed by atoms with van der Waals surface area (Å²) < 4.78 is 39.0. The molecule has 1 atom stereocenters. The van der Waals surface area contributed by atoms with Crippen LogP contribution in [0.2, 0.25) is 0 Å². The van der Waals surface area contributed by atoms with Gasteiger partial charge in [0.2, 0.25) is 10.0 Å². The van der Waals surface area contributed by atoms with Gasteiger partial charge < -0.3 is 9.47 Å². The van der Waals surface area contributed by atoms with Crippen molar-refractivity contribution in [3.8, 4) is 5.75 Å². The Morgan fingerprint density at radius 2 is 2.00 bits per heavy atom. The molecule has 0 radical (unpaired) electrons. The van der Waals surface area contributed by atoms with Gasteiger partial charge in [-0.3, -0.25) is 4.90 Å². The number of morpholine rings is 1. The van der Waals surface area contributed by atoms with Gasteiger partial charge in [0, 0.05) is 19.6 Å². The highest BCUT2D eigenvalue weighted by atomic mass is 32.2. The largest absolute Gasteiger partial charge is 0.495 e. The fourth-order valence-corrected chi connectivity index (χ4v) is 4.68. The Kier molecular flexibility index (Phi) is 7.07. The van der Waals surface area contributed by atoms with Crippen molar-refractivity contribution in [2.24, 2.45) is 0 Å². The van der Waals surface area contributed by atoms with Crippen LogP contribution in [0.1, 0.15) is 23.7 Å². The third-order valence-electron chi connectivity index (χ3n) is 4.87. The zero-order valence-electron chi connectivity index (χ0n) is 16.4. The first-order chi connectivity index (χ1) is 13.5. The molecule has 1 N–H and O–H groups in total. The average molecular weight is 405 g/mol. The topological polar surface area (TPSA) is 67.9 Å². The van der Waals surface area contributed by atoms with E-state index in [2.05, 4.69) is 21.8 Å². The standard InChI is InChI=1S/C21H28N2O4S/c1-17-9-10-19(26-2)21(15-17)28(24,25)22-11-6-12-23-13-14-27-20(16-23)18-7-4-3-5-8-18/h3-5,7-10,15,20,22H,6,11-14,16H2,1-2H3/t20-/m0/s1. The van der Waals surface area contributed by atoms with E-state index >= 15 is 0 Å². The first kappa shape index (κ1) is 20.8. The molecule has 0 aliphatic carbocycles. The van der Waals surface area contributed by atoms with Crippen LogP contribution in [0.4, 0.5) is 0 Å². The van der Waals surface area contributed by atoms with Crippen molar-refractivity contribution in [1.82, 2.24) is 9.62 Å². The van der Waals surface area contributed by atoms with Crippen LogP contribution in [0.15, 0.2) is 53.4 Å². The molecule has 0 aromatic heterocycles. The molecule has 28 heavy (non-hydrogen) atoms. The minimum atomic E-state index is -3.60. The highest BCUT2D eigenvalue weighted by Crippen LogP contribution is 2.25. The number of nitrogens with one attached hydrogen (secondary N) is 1. The summed E-state index contributed by atoms with van der Waals surface area (Å²) in [5.41, 5.74) is 2.06. The van der Waals surface area contributed by atoms with Gasteiger partial charge in [-0.1, -0.05) is 36.4 Å². The minimum absolute atomic E-state index is 0.0724. The molecule has 152 valence electrons. The molecule has 0 unspecified atom stereocenters. The van der Waals surface area contributed by atoms with Crippen molar-refractivity contribution < 1.29 is 17.9 Å². The summed E-state index contributed by atoms with van der Waals surface area (Å²) >= 11 is 0. The van der Waals surface area contributed by atoms with E-state index in [1.54, 1.807) is 12.1 Å². The van der Waals surface area contributed by atoms with Crippen molar-refractivity contribution in [2.75, 3.05) is 39.9 Å². The lowest BCUT2D eigenvalue weighted by atomic mass is 10.1. The molecular formula is C21H28N2O4S. The minimum Gasteiger partial charge on any atom is -0.495 e. The van der Waals surface area contributed by atoms with Gasteiger partial charge in [-0.15, -0.1) is 0 Å². The van der Waals surface area contributed by atoms with Crippen LogP contribution < -0.4 is 9.46 Å². The first-order valence-corrected chi connectivity index (χ1v) is 11.0. The normalized spacial score (nSPS) is 18.1. The van der Waals surface area contributed by atoms with E-state index in [9.17, 15) is 8.42 Å². The second-order valence-corrected chi connectivity index (χ2v) is 8.71. The Morgan fingerprint density at radius 1 is 1.21 bits per heavy atom. The molecule has 0 amide bonds. The van der Waals surface area contributed by atoms with Gasteiger partial charge in [0.05, 0.1) is 19.8 Å². The Labute approximate surface area is 167 Å². The Morgan fingerprint density at radius 3 is 2.75 bits per heavy atom. The van der Waals surface area contributed by atoms with Crippen molar-refractivity contribution in [3.05, 3.63) is 59.7 Å². The molecule has 1 fully saturated rings. The van der Waals surface area contributed by atoms with Gasteiger partial charge >= 0.3 is 0 Å². The Bertz CT molecular complexity index is 871. The van der Waals surface area contributed by atoms with Crippen LogP contribution >= 0.6 is 0 Å². The highest BCUT2D eigenvalue weighted by molar-refractivity contribution is 7.89. The molecule has 3 rings (SSSR count). The first-order valence-electron chi connectivity index (χ1n) is 9.53. The summed E-state index contributed by atoms with van der Waals surface area (Å²) in [6.45, 7) is 5.43. The molecule has 2 aromatic rings. The van der Waals surface area contributed by atoms with E-state index in [1.807, 2.05) is 31.2 Å². The van der Waals surface area contributed by atoms with Gasteiger partial charge in [0.1, 0.15) is 10.6 Å². The van der Waals surface area contributed by atoms with Gasteiger partial charge in [0.15, 0.2) is 0 Å². The molecule has 7 heteroatoms. The number of ether oxygens (including phenoxy) is 2. The fourth-order valence-electron chi connectivity index (χ4n) is 3.36. The third-order valence-corrected chi connectivity index (χ3v) is 6.36. The van der Waals surface area contributed by atoms with Crippen LogP contribution in [-0.4, -0.2) is 53.2 Å². The zero-order valence-corrected chi connectivity index (χ0v) is 17.2. The lowest BCUT2D eigenvalue weighted by Crippen LogP contribution is -2.39. The van der Waals surface area contributed by atoms with E-state index in [0.29, 0.717) is 18.9 Å². The second-order valence-electron chi connectivity index (χ2n) is 6.98. The van der Waals surface area contributed by atoms with Crippen LogP contribution in [0.3, 0.4) is 0 Å². The second kappa shape index (κ2) is 9.52. The number of benzene rings is 2. The Hall–Kier alpha value is -1.93. The summed E-state index contributed by atoms with van der Waals surface area (Å²) in [6.07, 6.45) is 0.803. The third kappa shape index (κ3) is 5.32. The average Bonchev–Trinajstić information content (AvgIpc) is 2.72.